The van der Waals surface area contributed by atoms with Crippen molar-refractivity contribution in [1.29, 1.82) is 0 Å². The maximum absolute atomic E-state index is 13.5. The van der Waals surface area contributed by atoms with E-state index in [1.165, 1.54) is 12.1 Å². The van der Waals surface area contributed by atoms with E-state index in [9.17, 15) is 18.1 Å². The van der Waals surface area contributed by atoms with Crippen LogP contribution in [-0.4, -0.2) is 21.9 Å². The van der Waals surface area contributed by atoms with Gasteiger partial charge < -0.3 is 9.29 Å². The van der Waals surface area contributed by atoms with Crippen LogP contribution in [0.4, 0.5) is 8.78 Å². The molecule has 1 unspecified atom stereocenters. The van der Waals surface area contributed by atoms with E-state index >= 15 is 0 Å². The number of ether oxygens (including phenoxy) is 1. The lowest BCUT2D eigenvalue weighted by Gasteiger charge is -2.28. The zero-order valence-corrected chi connectivity index (χ0v) is 15.3. The standard InChI is InChI=1S/C17H25F2NO3S/c1-5-23-16(21)8-6-7-15(20-24(22)17(2,3)4)12-9-13(18)11-14(19)10-12/h9-11,15,20H,5-8H2,1-4H3/t15-,24?/m0/s1. The predicted molar refractivity (Wildman–Crippen MR) is 90.6 cm³/mol. The van der Waals surface area contributed by atoms with Crippen LogP contribution >= 0.6 is 0 Å². The highest BCUT2D eigenvalue weighted by Gasteiger charge is 2.30. The maximum Gasteiger partial charge on any atom is 0.305 e. The van der Waals surface area contributed by atoms with Crippen LogP contribution in [0.1, 0.15) is 58.6 Å². The lowest BCUT2D eigenvalue weighted by atomic mass is 10.0. The van der Waals surface area contributed by atoms with Crippen molar-refractivity contribution in [2.75, 3.05) is 6.61 Å². The van der Waals surface area contributed by atoms with Crippen LogP contribution in [-0.2, 0) is 20.9 Å². The third kappa shape index (κ3) is 7.15. The van der Waals surface area contributed by atoms with E-state index in [2.05, 4.69) is 4.72 Å². The Morgan fingerprint density at radius 3 is 2.38 bits per heavy atom. The summed E-state index contributed by atoms with van der Waals surface area (Å²) in [5.41, 5.74) is 0.369. The molecule has 0 aliphatic heterocycles. The molecule has 0 spiro atoms. The van der Waals surface area contributed by atoms with Crippen molar-refractivity contribution in [3.8, 4) is 0 Å². The van der Waals surface area contributed by atoms with Gasteiger partial charge in [-0.25, -0.2) is 8.78 Å². The SMILES string of the molecule is CCOC(=O)CCC[C@H](N[S+]([O-])C(C)(C)C)c1cc(F)cc(F)c1. The lowest BCUT2D eigenvalue weighted by molar-refractivity contribution is -0.143. The van der Waals surface area contributed by atoms with Crippen LogP contribution in [0, 0.1) is 11.6 Å². The topological polar surface area (TPSA) is 61.4 Å². The number of hydrogen-bond acceptors (Lipinski definition) is 4. The van der Waals surface area contributed by atoms with E-state index < -0.39 is 33.8 Å². The van der Waals surface area contributed by atoms with Gasteiger partial charge in [-0.15, -0.1) is 4.72 Å². The van der Waals surface area contributed by atoms with Gasteiger partial charge in [0, 0.05) is 23.8 Å². The van der Waals surface area contributed by atoms with E-state index in [1.807, 2.05) is 0 Å². The van der Waals surface area contributed by atoms with Gasteiger partial charge in [0.15, 0.2) is 0 Å². The van der Waals surface area contributed by atoms with Gasteiger partial charge in [0.1, 0.15) is 16.4 Å². The first-order valence-corrected chi connectivity index (χ1v) is 9.08. The molecule has 0 aliphatic carbocycles. The van der Waals surface area contributed by atoms with Crippen molar-refractivity contribution < 1.29 is 22.9 Å². The second-order valence-electron chi connectivity index (χ2n) is 6.45. The molecule has 0 saturated carbocycles. The van der Waals surface area contributed by atoms with Gasteiger partial charge in [-0.2, -0.15) is 0 Å². The molecule has 2 atom stereocenters. The Kier molecular flexibility index (Phi) is 8.12. The van der Waals surface area contributed by atoms with E-state index in [0.29, 0.717) is 25.0 Å². The normalized spacial score (nSPS) is 14.3. The number of hydrogen-bond donors (Lipinski definition) is 1. The fraction of sp³-hybridized carbons (Fsp3) is 0.588. The second kappa shape index (κ2) is 9.34. The summed E-state index contributed by atoms with van der Waals surface area (Å²) in [6.45, 7) is 7.45. The molecule has 0 saturated heterocycles. The highest BCUT2D eigenvalue weighted by Crippen LogP contribution is 2.25. The molecule has 0 heterocycles. The van der Waals surface area contributed by atoms with E-state index in [1.54, 1.807) is 27.7 Å². The first-order valence-electron chi connectivity index (χ1n) is 7.93. The van der Waals surface area contributed by atoms with Crippen molar-refractivity contribution in [2.24, 2.45) is 0 Å². The van der Waals surface area contributed by atoms with Crippen molar-refractivity contribution in [3.05, 3.63) is 35.4 Å². The Labute approximate surface area is 145 Å². The van der Waals surface area contributed by atoms with Crippen LogP contribution in [0.5, 0.6) is 0 Å². The lowest BCUT2D eigenvalue weighted by Crippen LogP contribution is -2.41. The molecule has 0 aromatic heterocycles. The summed E-state index contributed by atoms with van der Waals surface area (Å²) in [7, 11) is 0. The van der Waals surface area contributed by atoms with Gasteiger partial charge >= 0.3 is 5.97 Å². The maximum atomic E-state index is 13.5. The summed E-state index contributed by atoms with van der Waals surface area (Å²) in [5, 5.41) is 0. The number of esters is 1. The van der Waals surface area contributed by atoms with Gasteiger partial charge in [-0.3, -0.25) is 4.79 Å². The van der Waals surface area contributed by atoms with Crippen molar-refractivity contribution in [2.45, 2.75) is 57.7 Å². The molecule has 1 aromatic rings. The summed E-state index contributed by atoms with van der Waals surface area (Å²) >= 11 is -1.41. The first kappa shape index (κ1) is 20.9. The molecule has 0 bridgehead atoms. The molecule has 0 amide bonds. The second-order valence-corrected chi connectivity index (χ2v) is 8.45. The fourth-order valence-corrected chi connectivity index (χ4v) is 2.93. The quantitative estimate of drug-likeness (QED) is 0.565. The third-order valence-corrected chi connectivity index (χ3v) is 4.88. The molecular formula is C17H25F2NO3S. The van der Waals surface area contributed by atoms with Crippen LogP contribution in [0.25, 0.3) is 0 Å². The van der Waals surface area contributed by atoms with Crippen molar-refractivity contribution in [3.63, 3.8) is 0 Å². The van der Waals surface area contributed by atoms with Crippen LogP contribution in [0.2, 0.25) is 0 Å². The molecular weight excluding hydrogens is 336 g/mol. The number of carbonyl (C=O) groups is 1. The Balaban J connectivity index is 2.84. The number of halogens is 2. The Bertz CT molecular complexity index is 529. The van der Waals surface area contributed by atoms with Crippen LogP contribution in [0.15, 0.2) is 18.2 Å². The van der Waals surface area contributed by atoms with E-state index in [4.69, 9.17) is 4.74 Å². The Morgan fingerprint density at radius 2 is 1.88 bits per heavy atom. The third-order valence-electron chi connectivity index (χ3n) is 3.27. The molecule has 0 radical (unpaired) electrons. The van der Waals surface area contributed by atoms with E-state index in [0.717, 1.165) is 6.07 Å². The molecule has 1 rings (SSSR count). The average Bonchev–Trinajstić information content (AvgIpc) is 2.44. The number of rotatable bonds is 8. The van der Waals surface area contributed by atoms with Crippen LogP contribution in [0.3, 0.4) is 0 Å². The van der Waals surface area contributed by atoms with Gasteiger partial charge in [0.25, 0.3) is 0 Å². The number of benzene rings is 1. The van der Waals surface area contributed by atoms with Crippen molar-refractivity contribution in [1.82, 2.24) is 4.72 Å². The number of nitrogens with one attached hydrogen (secondary N) is 1. The zero-order chi connectivity index (χ0) is 18.3. The van der Waals surface area contributed by atoms with Gasteiger partial charge in [0.05, 0.1) is 12.6 Å². The number of carbonyl (C=O) groups excluding carboxylic acids is 1. The summed E-state index contributed by atoms with van der Waals surface area (Å²) in [6.07, 6.45) is 1.06. The molecule has 4 nitrogen and oxygen atoms in total. The van der Waals surface area contributed by atoms with Gasteiger partial charge in [-0.1, -0.05) is 0 Å². The first-order chi connectivity index (χ1) is 11.1. The molecule has 24 heavy (non-hydrogen) atoms. The smallest absolute Gasteiger partial charge is 0.305 e. The summed E-state index contributed by atoms with van der Waals surface area (Å²) in [4.78, 5) is 11.4. The molecule has 0 fully saturated rings. The summed E-state index contributed by atoms with van der Waals surface area (Å²) in [5.74, 6) is -1.70. The highest BCUT2D eigenvalue weighted by atomic mass is 32.2. The largest absolute Gasteiger partial charge is 0.598 e. The molecule has 136 valence electrons. The minimum absolute atomic E-state index is 0.200. The highest BCUT2D eigenvalue weighted by molar-refractivity contribution is 7.90. The van der Waals surface area contributed by atoms with Gasteiger partial charge in [0.2, 0.25) is 0 Å². The zero-order valence-electron chi connectivity index (χ0n) is 14.5. The monoisotopic (exact) mass is 361 g/mol. The van der Waals surface area contributed by atoms with Crippen LogP contribution < -0.4 is 4.72 Å². The molecule has 1 aromatic carbocycles. The molecule has 7 heteroatoms. The summed E-state index contributed by atoms with van der Waals surface area (Å²) in [6, 6.07) is 2.69. The predicted octanol–water partition coefficient (Wildman–Crippen LogP) is 3.79. The Hall–Kier alpha value is -1.18. The fourth-order valence-electron chi connectivity index (χ4n) is 2.06. The van der Waals surface area contributed by atoms with Gasteiger partial charge in [-0.05, 0) is 58.2 Å². The minimum atomic E-state index is -1.41. The average molecular weight is 361 g/mol. The molecule has 0 aliphatic rings. The minimum Gasteiger partial charge on any atom is -0.598 e. The summed E-state index contributed by atoms with van der Waals surface area (Å²) < 4.78 is 46.6. The van der Waals surface area contributed by atoms with Crippen molar-refractivity contribution >= 4 is 17.3 Å². The molecule has 1 N–H and O–H groups in total. The van der Waals surface area contributed by atoms with E-state index in [-0.39, 0.29) is 12.4 Å². The Morgan fingerprint density at radius 1 is 1.29 bits per heavy atom.